The van der Waals surface area contributed by atoms with E-state index < -0.39 is 0 Å². The molecule has 1 heterocycles. The summed E-state index contributed by atoms with van der Waals surface area (Å²) in [7, 11) is 0. The van der Waals surface area contributed by atoms with Crippen LogP contribution < -0.4 is 10.6 Å². The first kappa shape index (κ1) is 4.18. The van der Waals surface area contributed by atoms with Crippen molar-refractivity contribution in [1.29, 1.82) is 0 Å². The third kappa shape index (κ3) is 0.924. The molecule has 1 amide bonds. The topological polar surface area (TPSA) is 43.2 Å². The minimum atomic E-state index is -0.154. The van der Waals surface area contributed by atoms with E-state index in [0.717, 1.165) is 0 Å². The van der Waals surface area contributed by atoms with Crippen molar-refractivity contribution in [1.82, 2.24) is 10.6 Å². The normalized spacial score (nSPS) is 18.0. The van der Waals surface area contributed by atoms with E-state index in [1.807, 2.05) is 0 Å². The van der Waals surface area contributed by atoms with Crippen molar-refractivity contribution in [3.63, 3.8) is 0 Å². The number of hydrogen-bond acceptors (Lipinski definition) is 2. The highest BCUT2D eigenvalue weighted by Gasteiger charge is 1.97. The summed E-state index contributed by atoms with van der Waals surface area (Å²) in [6.45, 7) is 0.426. The second kappa shape index (κ2) is 1.64. The fourth-order valence-electron chi connectivity index (χ4n) is 0.359. The van der Waals surface area contributed by atoms with Crippen molar-refractivity contribution in [2.24, 2.45) is 0 Å². The van der Waals surface area contributed by atoms with Gasteiger partial charge in [0.05, 0.1) is 0 Å². The minimum Gasteiger partial charge on any atom is -0.372 e. The molecule has 0 atom stereocenters. The maximum Gasteiger partial charge on any atom is 0.268 e. The minimum absolute atomic E-state index is 0.154. The average Bonchev–Trinajstić information content (AvgIpc) is 1.69. The number of hydrogen-bond donors (Lipinski definition) is 1. The lowest BCUT2D eigenvalue weighted by atomic mass is 10.5. The van der Waals surface area contributed by atoms with Gasteiger partial charge in [0.25, 0.3) is 5.91 Å². The summed E-state index contributed by atoms with van der Waals surface area (Å²) in [5.74, 6) is -0.154. The summed E-state index contributed by atoms with van der Waals surface area (Å²) in [5, 5.41) is 6.24. The summed E-state index contributed by atoms with van der Waals surface area (Å²) >= 11 is 0. The van der Waals surface area contributed by atoms with E-state index in [2.05, 4.69) is 10.6 Å². The SMILES string of the molecule is O=C1C=CNC[N]1. The molecule has 1 aliphatic heterocycles. The number of carbonyl (C=O) groups excluding carboxylic acids is 1. The highest BCUT2D eigenvalue weighted by molar-refractivity contribution is 5.87. The average molecular weight is 97.1 g/mol. The van der Waals surface area contributed by atoms with Crippen LogP contribution in [0.3, 0.4) is 0 Å². The van der Waals surface area contributed by atoms with Crippen LogP contribution in [-0.2, 0) is 4.79 Å². The fourth-order valence-corrected chi connectivity index (χ4v) is 0.359. The van der Waals surface area contributed by atoms with Crippen LogP contribution in [0.15, 0.2) is 12.3 Å². The third-order valence-corrected chi connectivity index (χ3v) is 0.670. The van der Waals surface area contributed by atoms with Gasteiger partial charge in [-0.2, -0.15) is 0 Å². The maximum atomic E-state index is 10.2. The predicted molar refractivity (Wildman–Crippen MR) is 24.3 cm³/mol. The first-order valence-electron chi connectivity index (χ1n) is 2.01. The predicted octanol–water partition coefficient (Wildman–Crippen LogP) is -0.808. The van der Waals surface area contributed by atoms with Crippen LogP contribution in [0, 0.1) is 0 Å². The van der Waals surface area contributed by atoms with Gasteiger partial charge < -0.3 is 5.32 Å². The molecule has 0 aromatic rings. The molecule has 0 spiro atoms. The molecule has 1 N–H and O–H groups in total. The van der Waals surface area contributed by atoms with Crippen molar-refractivity contribution >= 4 is 5.91 Å². The van der Waals surface area contributed by atoms with E-state index in [9.17, 15) is 4.79 Å². The molecule has 3 nitrogen and oxygen atoms in total. The largest absolute Gasteiger partial charge is 0.372 e. The highest BCUT2D eigenvalue weighted by atomic mass is 16.1. The molecule has 1 radical (unpaired) electrons. The van der Waals surface area contributed by atoms with Crippen molar-refractivity contribution in [2.75, 3.05) is 6.67 Å². The standard InChI is InChI=1S/C4H5N2O/c7-4-1-2-5-3-6-4/h1-2,5H,3H2. The van der Waals surface area contributed by atoms with Crippen LogP contribution in [0.1, 0.15) is 0 Å². The summed E-state index contributed by atoms with van der Waals surface area (Å²) in [6.07, 6.45) is 2.98. The Kier molecular flexibility index (Phi) is 0.978. The fraction of sp³-hybridized carbons (Fsp3) is 0.250. The molecule has 1 rings (SSSR count). The van der Waals surface area contributed by atoms with Crippen LogP contribution in [0.4, 0.5) is 0 Å². The Morgan fingerprint density at radius 2 is 2.71 bits per heavy atom. The van der Waals surface area contributed by atoms with Crippen LogP contribution >= 0.6 is 0 Å². The van der Waals surface area contributed by atoms with E-state index in [0.29, 0.717) is 6.67 Å². The van der Waals surface area contributed by atoms with Gasteiger partial charge >= 0.3 is 0 Å². The zero-order valence-electron chi connectivity index (χ0n) is 3.72. The lowest BCUT2D eigenvalue weighted by molar-refractivity contribution is -0.117. The van der Waals surface area contributed by atoms with E-state index in [4.69, 9.17) is 0 Å². The van der Waals surface area contributed by atoms with Gasteiger partial charge in [0, 0.05) is 12.3 Å². The number of nitrogens with one attached hydrogen (secondary N) is 1. The van der Waals surface area contributed by atoms with Gasteiger partial charge in [-0.1, -0.05) is 0 Å². The molecule has 0 aliphatic carbocycles. The first-order chi connectivity index (χ1) is 3.39. The summed E-state index contributed by atoms with van der Waals surface area (Å²) in [5.41, 5.74) is 0. The summed E-state index contributed by atoms with van der Waals surface area (Å²) in [6, 6.07) is 0. The van der Waals surface area contributed by atoms with E-state index in [1.54, 1.807) is 6.20 Å². The van der Waals surface area contributed by atoms with Crippen LogP contribution in [0.25, 0.3) is 0 Å². The van der Waals surface area contributed by atoms with Crippen LogP contribution in [-0.4, -0.2) is 12.6 Å². The Balaban J connectivity index is 2.51. The molecule has 0 unspecified atom stereocenters. The molecule has 0 fully saturated rings. The Bertz CT molecular complexity index is 108. The Morgan fingerprint density at radius 3 is 3.00 bits per heavy atom. The van der Waals surface area contributed by atoms with E-state index >= 15 is 0 Å². The molecule has 0 saturated carbocycles. The number of carbonyl (C=O) groups is 1. The van der Waals surface area contributed by atoms with Gasteiger partial charge in [-0.3, -0.25) is 4.79 Å². The summed E-state index contributed by atoms with van der Waals surface area (Å²) in [4.78, 5) is 10.2. The van der Waals surface area contributed by atoms with E-state index in [1.165, 1.54) is 6.08 Å². The molecule has 3 heteroatoms. The highest BCUT2D eigenvalue weighted by Crippen LogP contribution is 1.75. The zero-order valence-corrected chi connectivity index (χ0v) is 3.72. The molecular formula is C4H5N2O. The first-order valence-corrected chi connectivity index (χ1v) is 2.01. The van der Waals surface area contributed by atoms with Crippen molar-refractivity contribution in [3.8, 4) is 0 Å². The molecule has 37 valence electrons. The van der Waals surface area contributed by atoms with Gasteiger partial charge in [-0.25, -0.2) is 5.32 Å². The smallest absolute Gasteiger partial charge is 0.268 e. The Labute approximate surface area is 41.4 Å². The molecule has 7 heavy (non-hydrogen) atoms. The monoisotopic (exact) mass is 97.0 g/mol. The van der Waals surface area contributed by atoms with Crippen LogP contribution in [0.2, 0.25) is 0 Å². The van der Waals surface area contributed by atoms with E-state index in [-0.39, 0.29) is 5.91 Å². The van der Waals surface area contributed by atoms with Gasteiger partial charge in [0.1, 0.15) is 6.67 Å². The Hall–Kier alpha value is -0.990. The van der Waals surface area contributed by atoms with Crippen molar-refractivity contribution in [3.05, 3.63) is 12.3 Å². The quantitative estimate of drug-likeness (QED) is 0.429. The summed E-state index contributed by atoms with van der Waals surface area (Å²) < 4.78 is 0. The lowest BCUT2D eigenvalue weighted by Gasteiger charge is -2.02. The number of rotatable bonds is 0. The van der Waals surface area contributed by atoms with Crippen molar-refractivity contribution < 1.29 is 4.79 Å². The molecule has 0 aromatic carbocycles. The third-order valence-electron chi connectivity index (χ3n) is 0.670. The Morgan fingerprint density at radius 1 is 1.86 bits per heavy atom. The number of nitrogens with zero attached hydrogens (tertiary/aromatic N) is 1. The second-order valence-electron chi connectivity index (χ2n) is 1.19. The maximum absolute atomic E-state index is 10.2. The molecule has 1 aliphatic rings. The molecule has 0 bridgehead atoms. The van der Waals surface area contributed by atoms with Gasteiger partial charge in [-0.15, -0.1) is 0 Å². The van der Waals surface area contributed by atoms with Gasteiger partial charge in [-0.05, 0) is 0 Å². The molecular weight excluding hydrogens is 92.1 g/mol. The number of amides is 1. The molecule has 0 aromatic heterocycles. The van der Waals surface area contributed by atoms with Gasteiger partial charge in [0.2, 0.25) is 0 Å². The lowest BCUT2D eigenvalue weighted by Crippen LogP contribution is -2.27. The van der Waals surface area contributed by atoms with Gasteiger partial charge in [0.15, 0.2) is 0 Å². The molecule has 0 saturated heterocycles. The second-order valence-corrected chi connectivity index (χ2v) is 1.19. The zero-order chi connectivity index (χ0) is 5.11. The van der Waals surface area contributed by atoms with Crippen LogP contribution in [0.5, 0.6) is 0 Å². The van der Waals surface area contributed by atoms with Crippen molar-refractivity contribution in [2.45, 2.75) is 0 Å².